The van der Waals surface area contributed by atoms with Gasteiger partial charge in [-0.05, 0) is 80.8 Å². The summed E-state index contributed by atoms with van der Waals surface area (Å²) in [5.74, 6) is 0.0945. The molecule has 1 aromatic carbocycles. The maximum absolute atomic E-state index is 13.1. The zero-order chi connectivity index (χ0) is 24.6. The summed E-state index contributed by atoms with van der Waals surface area (Å²) in [5, 5.41) is 10.9. The van der Waals surface area contributed by atoms with Gasteiger partial charge in [0, 0.05) is 44.3 Å². The minimum Gasteiger partial charge on any atom is -0.393 e. The smallest absolute Gasteiger partial charge is 0.141 e. The predicted octanol–water partition coefficient (Wildman–Crippen LogP) is 5.00. The summed E-state index contributed by atoms with van der Waals surface area (Å²) < 4.78 is 0. The van der Waals surface area contributed by atoms with Crippen LogP contribution < -0.4 is 0 Å². The molecule has 7 heteroatoms. The van der Waals surface area contributed by atoms with Gasteiger partial charge in [-0.15, -0.1) is 0 Å². The van der Waals surface area contributed by atoms with Crippen molar-refractivity contribution < 1.29 is 9.90 Å². The summed E-state index contributed by atoms with van der Waals surface area (Å²) in [4.78, 5) is 22.9. The minimum atomic E-state index is -0.193. The lowest BCUT2D eigenvalue weighted by Gasteiger charge is -2.49. The number of Topliss-reactive ketones (excluding diaryl/α,β-unsaturated/α-hetero) is 1. The molecule has 2 aromatic rings. The normalized spacial score (nSPS) is 27.2. The van der Waals surface area contributed by atoms with Crippen molar-refractivity contribution in [3.63, 3.8) is 0 Å². The molecule has 5 rings (SSSR count). The van der Waals surface area contributed by atoms with Crippen LogP contribution in [0.3, 0.4) is 0 Å². The molecule has 2 saturated heterocycles. The zero-order valence-corrected chi connectivity index (χ0v) is 21.9. The Morgan fingerprint density at radius 1 is 1.11 bits per heavy atom. The zero-order valence-electron chi connectivity index (χ0n) is 20.4. The molecule has 188 valence electrons. The van der Waals surface area contributed by atoms with E-state index in [0.717, 1.165) is 76.2 Å². The summed E-state index contributed by atoms with van der Waals surface area (Å²) in [6.07, 6.45) is 4.76. The molecule has 1 unspecified atom stereocenters. The summed E-state index contributed by atoms with van der Waals surface area (Å²) in [7, 11) is 0. The molecule has 5 nitrogen and oxygen atoms in total. The number of pyridine rings is 1. The van der Waals surface area contributed by atoms with Gasteiger partial charge in [-0.1, -0.05) is 35.3 Å². The highest BCUT2D eigenvalue weighted by molar-refractivity contribution is 6.42. The van der Waals surface area contributed by atoms with Crippen molar-refractivity contribution in [2.75, 3.05) is 32.7 Å². The number of carbonyl (C=O) groups is 1. The Morgan fingerprint density at radius 3 is 2.60 bits per heavy atom. The van der Waals surface area contributed by atoms with E-state index in [1.54, 1.807) is 0 Å². The van der Waals surface area contributed by atoms with Crippen LogP contribution in [0.1, 0.15) is 61.4 Å². The van der Waals surface area contributed by atoms with Crippen molar-refractivity contribution in [2.24, 2.45) is 0 Å². The number of aliphatic hydroxyl groups excluding tert-OH is 1. The average molecular weight is 517 g/mol. The van der Waals surface area contributed by atoms with Crippen LogP contribution in [0.5, 0.6) is 0 Å². The van der Waals surface area contributed by atoms with Gasteiger partial charge in [0.1, 0.15) is 5.78 Å². The number of hydrogen-bond acceptors (Lipinski definition) is 5. The van der Waals surface area contributed by atoms with Crippen LogP contribution in [0.25, 0.3) is 0 Å². The van der Waals surface area contributed by atoms with Gasteiger partial charge in [0.15, 0.2) is 0 Å². The largest absolute Gasteiger partial charge is 0.393 e. The number of halogens is 2. The van der Waals surface area contributed by atoms with Gasteiger partial charge in [-0.3, -0.25) is 14.7 Å². The summed E-state index contributed by atoms with van der Waals surface area (Å²) in [6.45, 7) is 7.13. The molecule has 1 N–H and O–H groups in total. The van der Waals surface area contributed by atoms with Crippen molar-refractivity contribution in [3.05, 3.63) is 63.4 Å². The molecule has 0 bridgehead atoms. The highest BCUT2D eigenvalue weighted by atomic mass is 35.5. The number of piperidine rings is 1. The molecular formula is C28H35Cl2N3O2. The molecule has 1 aliphatic carbocycles. The van der Waals surface area contributed by atoms with Crippen molar-refractivity contribution in [1.29, 1.82) is 0 Å². The Morgan fingerprint density at radius 2 is 1.89 bits per heavy atom. The lowest BCUT2D eigenvalue weighted by Crippen LogP contribution is -2.61. The van der Waals surface area contributed by atoms with Crippen LogP contribution in [0.15, 0.2) is 36.4 Å². The molecule has 35 heavy (non-hydrogen) atoms. The summed E-state index contributed by atoms with van der Waals surface area (Å²) in [5.41, 5.74) is 2.87. The third kappa shape index (κ3) is 5.45. The number of aliphatic hydroxyl groups is 1. The second-order valence-corrected chi connectivity index (χ2v) is 11.6. The number of likely N-dealkylation sites (tertiary alicyclic amines) is 2. The number of benzene rings is 1. The molecule has 0 spiro atoms. The van der Waals surface area contributed by atoms with Crippen LogP contribution in [0, 0.1) is 6.92 Å². The average Bonchev–Trinajstić information content (AvgIpc) is 2.82. The first-order chi connectivity index (χ1) is 16.8. The van der Waals surface area contributed by atoms with E-state index >= 15 is 0 Å². The first-order valence-corrected chi connectivity index (χ1v) is 13.6. The first-order valence-electron chi connectivity index (χ1n) is 12.9. The van der Waals surface area contributed by atoms with Crippen LogP contribution in [0.2, 0.25) is 10.0 Å². The fraction of sp³-hybridized carbons (Fsp3) is 0.571. The number of hydrogen-bond donors (Lipinski definition) is 1. The fourth-order valence-electron chi connectivity index (χ4n) is 6.21. The van der Waals surface area contributed by atoms with E-state index in [4.69, 9.17) is 28.2 Å². The van der Waals surface area contributed by atoms with Crippen LogP contribution in [-0.4, -0.2) is 70.5 Å². The molecule has 1 aromatic heterocycles. The van der Waals surface area contributed by atoms with E-state index in [1.165, 1.54) is 5.56 Å². The number of carbonyl (C=O) groups excluding carboxylic acids is 1. The van der Waals surface area contributed by atoms with Gasteiger partial charge in [0.25, 0.3) is 0 Å². The quantitative estimate of drug-likeness (QED) is 0.586. The van der Waals surface area contributed by atoms with E-state index in [1.807, 2.05) is 37.3 Å². The van der Waals surface area contributed by atoms with Crippen molar-refractivity contribution in [2.45, 2.75) is 68.9 Å². The monoisotopic (exact) mass is 515 g/mol. The summed E-state index contributed by atoms with van der Waals surface area (Å²) >= 11 is 12.7. The third-order valence-electron chi connectivity index (χ3n) is 8.49. The van der Waals surface area contributed by atoms with Gasteiger partial charge in [0.05, 0.1) is 27.8 Å². The number of aryl methyl sites for hydroxylation is 1. The molecule has 0 radical (unpaired) electrons. The first kappa shape index (κ1) is 25.2. The topological polar surface area (TPSA) is 56.7 Å². The molecular weight excluding hydrogens is 481 g/mol. The van der Waals surface area contributed by atoms with Crippen LogP contribution in [0.4, 0.5) is 0 Å². The summed E-state index contributed by atoms with van der Waals surface area (Å²) in [6, 6.07) is 12.6. The number of ketones is 1. The van der Waals surface area contributed by atoms with E-state index in [2.05, 4.69) is 15.9 Å². The second kappa shape index (κ2) is 10.5. The molecule has 2 aliphatic heterocycles. The second-order valence-electron chi connectivity index (χ2n) is 10.8. The van der Waals surface area contributed by atoms with Gasteiger partial charge in [-0.25, -0.2) is 0 Å². The van der Waals surface area contributed by atoms with E-state index in [9.17, 15) is 9.90 Å². The minimum absolute atomic E-state index is 0.127. The molecule has 3 heterocycles. The highest BCUT2D eigenvalue weighted by Gasteiger charge is 2.44. The Labute approximate surface area is 218 Å². The van der Waals surface area contributed by atoms with E-state index in [0.29, 0.717) is 22.5 Å². The molecule has 3 aliphatic rings. The molecule has 0 amide bonds. The fourth-order valence-corrected chi connectivity index (χ4v) is 6.51. The van der Waals surface area contributed by atoms with Crippen molar-refractivity contribution >= 4 is 29.0 Å². The van der Waals surface area contributed by atoms with E-state index in [-0.39, 0.29) is 23.2 Å². The SMILES string of the molecule is Cc1cccc(C2C[C@@](CCN3CC(N4CCC(O)CC4)C3)(c3ccc(Cl)c(Cl)c3)CCC2=O)n1. The standard InChI is InChI=1S/C28H35Cl2N3O2/c1-19-3-2-4-26(31-19)23-16-28(10-7-27(23)35,20-5-6-24(29)25(30)15-20)11-14-32-17-21(18-32)33-12-8-22(34)9-13-33/h2-6,15,21-23,34H,7-14,16-18H2,1H3/t23?,28-/m1/s1. The van der Waals surface area contributed by atoms with Crippen molar-refractivity contribution in [1.82, 2.24) is 14.8 Å². The molecule has 3 fully saturated rings. The maximum atomic E-state index is 13.1. The van der Waals surface area contributed by atoms with Crippen molar-refractivity contribution in [3.8, 4) is 0 Å². The Kier molecular flexibility index (Phi) is 7.53. The molecule has 1 saturated carbocycles. The van der Waals surface area contributed by atoms with Gasteiger partial charge < -0.3 is 10.0 Å². The predicted molar refractivity (Wildman–Crippen MR) is 140 cm³/mol. The number of nitrogens with zero attached hydrogens (tertiary/aromatic N) is 3. The Hall–Kier alpha value is -1.50. The van der Waals surface area contributed by atoms with Crippen LogP contribution in [-0.2, 0) is 10.2 Å². The Bertz CT molecular complexity index is 1070. The number of rotatable bonds is 6. The molecule has 2 atom stereocenters. The highest BCUT2D eigenvalue weighted by Crippen LogP contribution is 2.47. The maximum Gasteiger partial charge on any atom is 0.141 e. The van der Waals surface area contributed by atoms with Gasteiger partial charge in [0.2, 0.25) is 0 Å². The Balaban J connectivity index is 1.33. The third-order valence-corrected chi connectivity index (χ3v) is 9.23. The van der Waals surface area contributed by atoms with Crippen LogP contribution >= 0.6 is 23.2 Å². The lowest BCUT2D eigenvalue weighted by atomic mass is 9.63. The number of aromatic nitrogens is 1. The van der Waals surface area contributed by atoms with Gasteiger partial charge >= 0.3 is 0 Å². The van der Waals surface area contributed by atoms with Gasteiger partial charge in [-0.2, -0.15) is 0 Å². The lowest BCUT2D eigenvalue weighted by molar-refractivity contribution is -0.123. The van der Waals surface area contributed by atoms with E-state index < -0.39 is 0 Å².